The number of pyridine rings is 1. The molecular weight excluding hydrogens is 300 g/mol. The minimum atomic E-state index is -0.457. The topological polar surface area (TPSA) is 91.6 Å². The molecule has 7 nitrogen and oxygen atoms in total. The van der Waals surface area contributed by atoms with E-state index in [2.05, 4.69) is 4.98 Å². The number of hydrogen-bond acceptors (Lipinski definition) is 6. The van der Waals surface area contributed by atoms with E-state index in [9.17, 15) is 14.9 Å². The van der Waals surface area contributed by atoms with Crippen LogP contribution in [0, 0.1) is 17.0 Å². The van der Waals surface area contributed by atoms with Crippen molar-refractivity contribution in [3.8, 4) is 11.5 Å². The lowest BCUT2D eigenvalue weighted by Crippen LogP contribution is -2.08. The minimum Gasteiger partial charge on any atom is -0.466 e. The number of aromatic nitrogens is 1. The Morgan fingerprint density at radius 1 is 1.26 bits per heavy atom. The van der Waals surface area contributed by atoms with Gasteiger partial charge in [0, 0.05) is 17.8 Å². The molecule has 0 spiro atoms. The van der Waals surface area contributed by atoms with Gasteiger partial charge in [-0.2, -0.15) is 0 Å². The van der Waals surface area contributed by atoms with Gasteiger partial charge in [0.05, 0.1) is 29.7 Å². The van der Waals surface area contributed by atoms with E-state index >= 15 is 0 Å². The predicted molar refractivity (Wildman–Crippen MR) is 82.5 cm³/mol. The molecule has 120 valence electrons. The van der Waals surface area contributed by atoms with E-state index in [-0.39, 0.29) is 18.1 Å². The molecule has 0 aliphatic rings. The van der Waals surface area contributed by atoms with Gasteiger partial charge in [0.25, 0.3) is 5.69 Å². The minimum absolute atomic E-state index is 0.0108. The molecule has 0 atom stereocenters. The number of nitro benzene ring substituents is 1. The molecule has 2 rings (SSSR count). The maximum absolute atomic E-state index is 11.5. The summed E-state index contributed by atoms with van der Waals surface area (Å²) in [6.45, 7) is 3.70. The molecule has 0 aliphatic carbocycles. The van der Waals surface area contributed by atoms with Crippen molar-refractivity contribution in [2.45, 2.75) is 20.3 Å². The van der Waals surface area contributed by atoms with Gasteiger partial charge in [0.1, 0.15) is 11.5 Å². The molecule has 23 heavy (non-hydrogen) atoms. The lowest BCUT2D eigenvalue weighted by Gasteiger charge is -2.08. The van der Waals surface area contributed by atoms with Crippen LogP contribution in [-0.4, -0.2) is 22.5 Å². The Labute approximate surface area is 133 Å². The molecule has 0 bridgehead atoms. The highest BCUT2D eigenvalue weighted by Crippen LogP contribution is 2.28. The molecule has 0 saturated heterocycles. The second-order valence-corrected chi connectivity index (χ2v) is 4.77. The van der Waals surface area contributed by atoms with Crippen LogP contribution in [0.25, 0.3) is 0 Å². The molecule has 1 heterocycles. The van der Waals surface area contributed by atoms with Crippen molar-refractivity contribution in [1.82, 2.24) is 4.98 Å². The third-order valence-corrected chi connectivity index (χ3v) is 3.03. The van der Waals surface area contributed by atoms with Crippen molar-refractivity contribution < 1.29 is 19.2 Å². The Balaban J connectivity index is 2.16. The van der Waals surface area contributed by atoms with E-state index < -0.39 is 4.92 Å². The van der Waals surface area contributed by atoms with Crippen LogP contribution < -0.4 is 4.74 Å². The lowest BCUT2D eigenvalue weighted by molar-refractivity contribution is -0.385. The molecule has 0 radical (unpaired) electrons. The van der Waals surface area contributed by atoms with Gasteiger partial charge >= 0.3 is 5.97 Å². The summed E-state index contributed by atoms with van der Waals surface area (Å²) in [5, 5.41) is 11.0. The molecule has 2 aromatic rings. The molecule has 1 aromatic heterocycles. The zero-order valence-electron chi connectivity index (χ0n) is 12.8. The Hall–Kier alpha value is -2.96. The van der Waals surface area contributed by atoms with Gasteiger partial charge in [-0.05, 0) is 32.0 Å². The Morgan fingerprint density at radius 3 is 2.70 bits per heavy atom. The van der Waals surface area contributed by atoms with E-state index in [4.69, 9.17) is 9.47 Å². The van der Waals surface area contributed by atoms with Crippen molar-refractivity contribution in [2.75, 3.05) is 6.61 Å². The summed E-state index contributed by atoms with van der Waals surface area (Å²) in [7, 11) is 0. The SMILES string of the molecule is CCOC(=O)Cc1cc(Oc2ccc(C)c([N+](=O)[O-])c2)ccn1. The number of rotatable bonds is 6. The zero-order valence-corrected chi connectivity index (χ0v) is 12.8. The quantitative estimate of drug-likeness (QED) is 0.461. The van der Waals surface area contributed by atoms with Gasteiger partial charge in [0.15, 0.2) is 0 Å². The molecule has 0 N–H and O–H groups in total. The highest BCUT2D eigenvalue weighted by atomic mass is 16.6. The number of ether oxygens (including phenoxy) is 2. The van der Waals surface area contributed by atoms with Gasteiger partial charge in [-0.25, -0.2) is 0 Å². The lowest BCUT2D eigenvalue weighted by atomic mass is 10.2. The number of hydrogen-bond donors (Lipinski definition) is 0. The first kappa shape index (κ1) is 16.4. The fraction of sp³-hybridized carbons (Fsp3) is 0.250. The van der Waals surface area contributed by atoms with Crippen molar-refractivity contribution >= 4 is 11.7 Å². The first-order valence-electron chi connectivity index (χ1n) is 7.03. The molecule has 7 heteroatoms. The molecule has 0 amide bonds. The Morgan fingerprint density at radius 2 is 2.00 bits per heavy atom. The zero-order chi connectivity index (χ0) is 16.8. The van der Waals surface area contributed by atoms with Crippen molar-refractivity contribution in [3.05, 3.63) is 57.9 Å². The van der Waals surface area contributed by atoms with Crippen LogP contribution in [0.5, 0.6) is 11.5 Å². The van der Waals surface area contributed by atoms with Gasteiger partial charge in [-0.1, -0.05) is 0 Å². The van der Waals surface area contributed by atoms with Gasteiger partial charge in [-0.3, -0.25) is 19.9 Å². The van der Waals surface area contributed by atoms with E-state index in [0.717, 1.165) is 0 Å². The smallest absolute Gasteiger partial charge is 0.311 e. The molecular formula is C16H16N2O5. The normalized spacial score (nSPS) is 10.2. The summed E-state index contributed by atoms with van der Waals surface area (Å²) < 4.78 is 10.5. The average Bonchev–Trinajstić information content (AvgIpc) is 2.49. The highest BCUT2D eigenvalue weighted by Gasteiger charge is 2.12. The second-order valence-electron chi connectivity index (χ2n) is 4.77. The number of aryl methyl sites for hydroxylation is 1. The molecule has 1 aromatic carbocycles. The van der Waals surface area contributed by atoms with E-state index in [1.165, 1.54) is 12.3 Å². The van der Waals surface area contributed by atoms with Gasteiger partial charge < -0.3 is 9.47 Å². The number of carbonyl (C=O) groups excluding carboxylic acids is 1. The first-order chi connectivity index (χ1) is 11.0. The highest BCUT2D eigenvalue weighted by molar-refractivity contribution is 5.72. The fourth-order valence-corrected chi connectivity index (χ4v) is 1.96. The average molecular weight is 316 g/mol. The summed E-state index contributed by atoms with van der Waals surface area (Å²) in [4.78, 5) is 26.0. The maximum Gasteiger partial charge on any atom is 0.311 e. The maximum atomic E-state index is 11.5. The van der Waals surface area contributed by atoms with E-state index in [1.807, 2.05) is 0 Å². The van der Waals surface area contributed by atoms with Crippen molar-refractivity contribution in [3.63, 3.8) is 0 Å². The summed E-state index contributed by atoms with van der Waals surface area (Å²) >= 11 is 0. The number of benzene rings is 1. The van der Waals surface area contributed by atoms with Crippen molar-refractivity contribution in [2.24, 2.45) is 0 Å². The van der Waals surface area contributed by atoms with Crippen LogP contribution in [-0.2, 0) is 16.0 Å². The summed E-state index contributed by atoms with van der Waals surface area (Å²) in [6, 6.07) is 7.84. The molecule has 0 unspecified atom stereocenters. The Bertz CT molecular complexity index is 730. The third-order valence-electron chi connectivity index (χ3n) is 3.03. The van der Waals surface area contributed by atoms with Gasteiger partial charge in [-0.15, -0.1) is 0 Å². The standard InChI is InChI=1S/C16H16N2O5/c1-3-22-16(19)9-12-8-14(6-7-17-12)23-13-5-4-11(2)15(10-13)18(20)21/h4-8,10H,3,9H2,1-2H3. The molecule has 0 fully saturated rings. The summed E-state index contributed by atoms with van der Waals surface area (Å²) in [5.41, 5.74) is 1.05. The van der Waals surface area contributed by atoms with Crippen LogP contribution in [0.2, 0.25) is 0 Å². The Kier molecular flexibility index (Phi) is 5.24. The predicted octanol–water partition coefficient (Wildman–Crippen LogP) is 3.20. The van der Waals surface area contributed by atoms with Gasteiger partial charge in [0.2, 0.25) is 0 Å². The van der Waals surface area contributed by atoms with E-state index in [1.54, 1.807) is 38.1 Å². The molecule has 0 aliphatic heterocycles. The monoisotopic (exact) mass is 316 g/mol. The molecule has 0 saturated carbocycles. The number of nitrogens with zero attached hydrogens (tertiary/aromatic N) is 2. The van der Waals surface area contributed by atoms with Crippen LogP contribution in [0.1, 0.15) is 18.2 Å². The van der Waals surface area contributed by atoms with Crippen LogP contribution in [0.3, 0.4) is 0 Å². The largest absolute Gasteiger partial charge is 0.466 e. The van der Waals surface area contributed by atoms with Crippen LogP contribution in [0.4, 0.5) is 5.69 Å². The van der Waals surface area contributed by atoms with Crippen molar-refractivity contribution in [1.29, 1.82) is 0 Å². The number of nitro groups is 1. The first-order valence-corrected chi connectivity index (χ1v) is 7.03. The fourth-order valence-electron chi connectivity index (χ4n) is 1.96. The number of carbonyl (C=O) groups is 1. The third kappa shape index (κ3) is 4.50. The second kappa shape index (κ2) is 7.35. The van der Waals surface area contributed by atoms with Crippen LogP contribution >= 0.6 is 0 Å². The summed E-state index contributed by atoms with van der Waals surface area (Å²) in [5.74, 6) is 0.413. The van der Waals surface area contributed by atoms with Crippen LogP contribution in [0.15, 0.2) is 36.5 Å². The number of esters is 1. The summed E-state index contributed by atoms with van der Waals surface area (Å²) in [6.07, 6.45) is 1.55. The van der Waals surface area contributed by atoms with E-state index in [0.29, 0.717) is 29.4 Å².